The number of benzene rings is 2. The number of amides is 2. The predicted molar refractivity (Wildman–Crippen MR) is 135 cm³/mol. The van der Waals surface area contributed by atoms with E-state index in [1.165, 1.54) is 6.92 Å². The van der Waals surface area contributed by atoms with Crippen molar-refractivity contribution in [1.82, 2.24) is 4.90 Å². The Morgan fingerprint density at radius 3 is 2.50 bits per heavy atom. The van der Waals surface area contributed by atoms with Crippen molar-refractivity contribution in [3.63, 3.8) is 0 Å². The number of nitrogens with zero attached hydrogens (tertiary/aromatic N) is 1. The van der Waals surface area contributed by atoms with Gasteiger partial charge in [0.1, 0.15) is 12.6 Å². The van der Waals surface area contributed by atoms with Gasteiger partial charge >= 0.3 is 5.97 Å². The summed E-state index contributed by atoms with van der Waals surface area (Å²) in [5.41, 5.74) is 1.57. The smallest absolute Gasteiger partial charge is 0.329 e. The number of halogens is 2. The molecule has 0 aliphatic carbocycles. The zero-order valence-corrected chi connectivity index (χ0v) is 22.0. The second-order valence-corrected chi connectivity index (χ2v) is 9.44. The number of carbonyl (C=O) groups is 3. The van der Waals surface area contributed by atoms with Crippen LogP contribution in [0.3, 0.4) is 0 Å². The fourth-order valence-electron chi connectivity index (χ4n) is 3.14. The first-order valence-electron chi connectivity index (χ1n) is 10.5. The number of ether oxygens (including phenoxy) is 3. The average molecular weight is 569 g/mol. The first-order chi connectivity index (χ1) is 16.2. The van der Waals surface area contributed by atoms with Gasteiger partial charge in [0.05, 0.1) is 22.6 Å². The highest BCUT2D eigenvalue weighted by molar-refractivity contribution is 9.10. The Morgan fingerprint density at radius 1 is 1.15 bits per heavy atom. The third-order valence-corrected chi connectivity index (χ3v) is 6.49. The summed E-state index contributed by atoms with van der Waals surface area (Å²) in [6.07, 6.45) is 1.58. The molecule has 1 atom stereocenters. The van der Waals surface area contributed by atoms with Gasteiger partial charge in [0.2, 0.25) is 0 Å². The van der Waals surface area contributed by atoms with Crippen molar-refractivity contribution >= 4 is 62.5 Å². The van der Waals surface area contributed by atoms with Crippen LogP contribution >= 0.6 is 39.3 Å². The SMILES string of the molecule is CCOC(=O)[C@@H](C)N1C(=O)S/C(=C/c2cc(Br)c(OCc3ccc(Cl)cc3)c(OCC)c2)C1=O. The van der Waals surface area contributed by atoms with Gasteiger partial charge in [-0.1, -0.05) is 23.7 Å². The Balaban J connectivity index is 1.84. The summed E-state index contributed by atoms with van der Waals surface area (Å²) in [7, 11) is 0. The third-order valence-electron chi connectivity index (χ3n) is 4.76. The fraction of sp³-hybridized carbons (Fsp3) is 0.292. The van der Waals surface area contributed by atoms with Gasteiger partial charge in [-0.05, 0) is 89.9 Å². The second-order valence-electron chi connectivity index (χ2n) is 7.16. The van der Waals surface area contributed by atoms with Crippen molar-refractivity contribution in [3.8, 4) is 11.5 Å². The summed E-state index contributed by atoms with van der Waals surface area (Å²) >= 11 is 10.2. The molecule has 34 heavy (non-hydrogen) atoms. The molecule has 0 aromatic heterocycles. The standard InChI is InChI=1S/C24H23BrClNO6S/c1-4-31-19-11-16(10-18(25)21(19)33-13-15-6-8-17(26)9-7-15)12-20-22(28)27(24(30)34-20)14(3)23(29)32-5-2/h6-12,14H,4-5,13H2,1-3H3/b20-12+/t14-/m1/s1. The van der Waals surface area contributed by atoms with Crippen LogP contribution in [-0.2, 0) is 20.9 Å². The molecule has 0 saturated carbocycles. The molecular formula is C24H23BrClNO6S. The molecule has 0 unspecified atom stereocenters. The highest BCUT2D eigenvalue weighted by Gasteiger charge is 2.41. The Kier molecular flexibility index (Phi) is 9.04. The molecule has 3 rings (SSSR count). The van der Waals surface area contributed by atoms with E-state index in [1.807, 2.05) is 19.1 Å². The Hall–Kier alpha value is -2.49. The molecule has 10 heteroatoms. The van der Waals surface area contributed by atoms with E-state index in [2.05, 4.69) is 15.9 Å². The summed E-state index contributed by atoms with van der Waals surface area (Å²) < 4.78 is 17.3. The van der Waals surface area contributed by atoms with Crippen LogP contribution in [0, 0.1) is 0 Å². The normalized spacial score (nSPS) is 15.6. The minimum atomic E-state index is -1.01. The van der Waals surface area contributed by atoms with Crippen LogP contribution in [-0.4, -0.2) is 41.3 Å². The number of carbonyl (C=O) groups excluding carboxylic acids is 3. The van der Waals surface area contributed by atoms with Crippen molar-refractivity contribution in [1.29, 1.82) is 0 Å². The highest BCUT2D eigenvalue weighted by atomic mass is 79.9. The van der Waals surface area contributed by atoms with Crippen molar-refractivity contribution < 1.29 is 28.6 Å². The molecule has 2 aromatic carbocycles. The van der Waals surface area contributed by atoms with Gasteiger partial charge in [0.15, 0.2) is 11.5 Å². The molecule has 180 valence electrons. The van der Waals surface area contributed by atoms with Gasteiger partial charge in [-0.25, -0.2) is 4.79 Å². The van der Waals surface area contributed by atoms with Gasteiger partial charge < -0.3 is 14.2 Å². The van der Waals surface area contributed by atoms with Gasteiger partial charge in [-0.3, -0.25) is 14.5 Å². The van der Waals surface area contributed by atoms with Crippen LogP contribution in [0.2, 0.25) is 5.02 Å². The van der Waals surface area contributed by atoms with E-state index < -0.39 is 23.2 Å². The summed E-state index contributed by atoms with van der Waals surface area (Å²) in [6.45, 7) is 5.85. The zero-order valence-electron chi connectivity index (χ0n) is 18.8. The van der Waals surface area contributed by atoms with E-state index >= 15 is 0 Å². The summed E-state index contributed by atoms with van der Waals surface area (Å²) in [5.74, 6) is -0.184. The number of hydrogen-bond acceptors (Lipinski definition) is 7. The maximum Gasteiger partial charge on any atom is 0.329 e. The number of thioether (sulfide) groups is 1. The molecule has 2 amide bonds. The largest absolute Gasteiger partial charge is 0.490 e. The molecule has 7 nitrogen and oxygen atoms in total. The Bertz CT molecular complexity index is 1120. The van der Waals surface area contributed by atoms with Crippen LogP contribution in [0.5, 0.6) is 11.5 Å². The summed E-state index contributed by atoms with van der Waals surface area (Å²) in [4.78, 5) is 38.4. The lowest BCUT2D eigenvalue weighted by atomic mass is 10.1. The first-order valence-corrected chi connectivity index (χ1v) is 12.5. The molecule has 0 radical (unpaired) electrons. The zero-order chi connectivity index (χ0) is 24.8. The lowest BCUT2D eigenvalue weighted by Gasteiger charge is -2.19. The van der Waals surface area contributed by atoms with Crippen LogP contribution < -0.4 is 9.47 Å². The second kappa shape index (κ2) is 11.8. The lowest BCUT2D eigenvalue weighted by molar-refractivity contribution is -0.150. The van der Waals surface area contributed by atoms with Crippen molar-refractivity contribution in [3.05, 3.63) is 61.9 Å². The lowest BCUT2D eigenvalue weighted by Crippen LogP contribution is -2.42. The minimum Gasteiger partial charge on any atom is -0.490 e. The minimum absolute atomic E-state index is 0.163. The quantitative estimate of drug-likeness (QED) is 0.268. The third kappa shape index (κ3) is 6.14. The molecule has 1 aliphatic heterocycles. The topological polar surface area (TPSA) is 82.1 Å². The van der Waals surface area contributed by atoms with E-state index in [9.17, 15) is 14.4 Å². The van der Waals surface area contributed by atoms with Crippen LogP contribution in [0.15, 0.2) is 45.8 Å². The molecule has 0 bridgehead atoms. The summed E-state index contributed by atoms with van der Waals surface area (Å²) in [6, 6.07) is 9.82. The Morgan fingerprint density at radius 2 is 1.85 bits per heavy atom. The van der Waals surface area contributed by atoms with Gasteiger partial charge in [-0.2, -0.15) is 0 Å². The molecule has 1 fully saturated rings. The monoisotopic (exact) mass is 567 g/mol. The fourth-order valence-corrected chi connectivity index (χ4v) is 4.75. The number of hydrogen-bond donors (Lipinski definition) is 0. The molecule has 2 aromatic rings. The van der Waals surface area contributed by atoms with E-state index in [-0.39, 0.29) is 11.5 Å². The molecule has 0 spiro atoms. The van der Waals surface area contributed by atoms with Crippen LogP contribution in [0.1, 0.15) is 31.9 Å². The van der Waals surface area contributed by atoms with Gasteiger partial charge in [-0.15, -0.1) is 0 Å². The maximum atomic E-state index is 12.8. The molecule has 1 aliphatic rings. The van der Waals surface area contributed by atoms with Gasteiger partial charge in [0, 0.05) is 5.02 Å². The number of esters is 1. The van der Waals surface area contributed by atoms with Gasteiger partial charge in [0.25, 0.3) is 11.1 Å². The summed E-state index contributed by atoms with van der Waals surface area (Å²) in [5, 5.41) is 0.120. The number of rotatable bonds is 9. The predicted octanol–water partition coefficient (Wildman–Crippen LogP) is 6.07. The first kappa shape index (κ1) is 26.1. The van der Waals surface area contributed by atoms with Crippen LogP contribution in [0.25, 0.3) is 6.08 Å². The molecular weight excluding hydrogens is 546 g/mol. The molecule has 0 N–H and O–H groups in total. The average Bonchev–Trinajstić information content (AvgIpc) is 3.07. The molecule has 1 heterocycles. The van der Waals surface area contributed by atoms with Crippen molar-refractivity contribution in [2.75, 3.05) is 13.2 Å². The molecule has 1 saturated heterocycles. The maximum absolute atomic E-state index is 12.8. The van der Waals surface area contributed by atoms with E-state index in [1.54, 1.807) is 37.3 Å². The van der Waals surface area contributed by atoms with E-state index in [4.69, 9.17) is 25.8 Å². The van der Waals surface area contributed by atoms with E-state index in [0.717, 1.165) is 22.2 Å². The van der Waals surface area contributed by atoms with Crippen molar-refractivity contribution in [2.24, 2.45) is 0 Å². The van der Waals surface area contributed by atoms with Crippen molar-refractivity contribution in [2.45, 2.75) is 33.4 Å². The Labute approximate surface area is 215 Å². The van der Waals surface area contributed by atoms with Crippen LogP contribution in [0.4, 0.5) is 4.79 Å². The highest BCUT2D eigenvalue weighted by Crippen LogP contribution is 2.40. The van der Waals surface area contributed by atoms with E-state index in [0.29, 0.717) is 39.8 Å². The number of imide groups is 1.